The molecule has 0 bridgehead atoms. The summed E-state index contributed by atoms with van der Waals surface area (Å²) in [5, 5.41) is 0. The van der Waals surface area contributed by atoms with E-state index in [1.165, 1.54) is 11.3 Å². The second kappa shape index (κ2) is 5.62. The minimum absolute atomic E-state index is 0.279. The molecule has 7 heteroatoms. The molecule has 0 amide bonds. The normalized spacial score (nSPS) is 11.5. The number of anilines is 1. The molecule has 1 heterocycles. The Hall–Kier alpha value is -0.890. The molecule has 3 N–H and O–H groups in total. The number of benzene rings is 1. The smallest absolute Gasteiger partial charge is 0.271 e. The third kappa shape index (κ3) is 3.17. The first-order valence-electron chi connectivity index (χ1n) is 5.51. The summed E-state index contributed by atoms with van der Waals surface area (Å²) in [6.07, 6.45) is 0. The Balaban J connectivity index is 2.35. The topological polar surface area (TPSA) is 72.2 Å². The summed E-state index contributed by atoms with van der Waals surface area (Å²) >= 11 is 4.51. The van der Waals surface area contributed by atoms with Gasteiger partial charge >= 0.3 is 0 Å². The Morgan fingerprint density at radius 1 is 1.37 bits per heavy atom. The Morgan fingerprint density at radius 2 is 2.05 bits per heavy atom. The fourth-order valence-corrected chi connectivity index (χ4v) is 4.63. The lowest BCUT2D eigenvalue weighted by Gasteiger charge is -2.07. The van der Waals surface area contributed by atoms with Crippen LogP contribution in [0.4, 0.5) is 5.69 Å². The number of aryl methyl sites for hydroxylation is 1. The van der Waals surface area contributed by atoms with E-state index in [2.05, 4.69) is 20.7 Å². The van der Waals surface area contributed by atoms with E-state index in [-0.39, 0.29) is 4.21 Å². The molecule has 0 atom stereocenters. The van der Waals surface area contributed by atoms with Crippen molar-refractivity contribution in [1.29, 1.82) is 0 Å². The van der Waals surface area contributed by atoms with E-state index in [1.54, 1.807) is 24.3 Å². The lowest BCUT2D eigenvalue weighted by Crippen LogP contribution is -2.11. The molecule has 0 aliphatic rings. The number of hydrogen-bond acceptors (Lipinski definition) is 4. The van der Waals surface area contributed by atoms with Gasteiger partial charge in [-0.1, -0.05) is 12.1 Å². The molecule has 2 rings (SSSR count). The summed E-state index contributed by atoms with van der Waals surface area (Å²) < 4.78 is 28.1. The average molecular weight is 361 g/mol. The minimum Gasteiger partial charge on any atom is -0.326 e. The summed E-state index contributed by atoms with van der Waals surface area (Å²) in [6, 6.07) is 8.72. The number of nitrogens with one attached hydrogen (secondary N) is 1. The van der Waals surface area contributed by atoms with Crippen molar-refractivity contribution in [3.05, 3.63) is 45.2 Å². The van der Waals surface area contributed by atoms with Gasteiger partial charge in [0.1, 0.15) is 4.21 Å². The van der Waals surface area contributed by atoms with Gasteiger partial charge in [0, 0.05) is 15.9 Å². The Morgan fingerprint density at radius 3 is 2.63 bits per heavy atom. The van der Waals surface area contributed by atoms with Crippen LogP contribution in [0.3, 0.4) is 0 Å². The molecule has 1 aromatic heterocycles. The predicted octanol–water partition coefficient (Wildman–Crippen LogP) is 3.08. The van der Waals surface area contributed by atoms with Gasteiger partial charge in [-0.3, -0.25) is 4.72 Å². The predicted molar refractivity (Wildman–Crippen MR) is 81.9 cm³/mol. The maximum absolute atomic E-state index is 12.3. The molecule has 1 aromatic carbocycles. The van der Waals surface area contributed by atoms with E-state index >= 15 is 0 Å². The van der Waals surface area contributed by atoms with Crippen LogP contribution in [-0.2, 0) is 16.6 Å². The van der Waals surface area contributed by atoms with Gasteiger partial charge in [-0.15, -0.1) is 11.3 Å². The monoisotopic (exact) mass is 360 g/mol. The Bertz CT molecular complexity index is 696. The van der Waals surface area contributed by atoms with Gasteiger partial charge < -0.3 is 5.73 Å². The highest BCUT2D eigenvalue weighted by atomic mass is 79.9. The molecule has 0 aliphatic heterocycles. The molecule has 102 valence electrons. The van der Waals surface area contributed by atoms with Crippen LogP contribution >= 0.6 is 27.3 Å². The highest BCUT2D eigenvalue weighted by Crippen LogP contribution is 2.29. The largest absolute Gasteiger partial charge is 0.326 e. The van der Waals surface area contributed by atoms with E-state index < -0.39 is 10.0 Å². The zero-order valence-electron chi connectivity index (χ0n) is 10.2. The molecule has 4 nitrogen and oxygen atoms in total. The van der Waals surface area contributed by atoms with Crippen molar-refractivity contribution >= 4 is 43.0 Å². The molecule has 0 spiro atoms. The van der Waals surface area contributed by atoms with Crippen molar-refractivity contribution in [2.45, 2.75) is 17.7 Å². The van der Waals surface area contributed by atoms with Crippen molar-refractivity contribution in [1.82, 2.24) is 0 Å². The van der Waals surface area contributed by atoms with Crippen LogP contribution in [0.2, 0.25) is 0 Å². The van der Waals surface area contributed by atoms with Crippen molar-refractivity contribution in [2.75, 3.05) is 4.72 Å². The summed E-state index contributed by atoms with van der Waals surface area (Å²) in [5.74, 6) is 0. The highest BCUT2D eigenvalue weighted by molar-refractivity contribution is 9.10. The molecule has 2 aromatic rings. The maximum atomic E-state index is 12.3. The van der Waals surface area contributed by atoms with E-state index in [1.807, 2.05) is 13.0 Å². The third-order valence-electron chi connectivity index (χ3n) is 2.57. The number of thiophene rings is 1. The van der Waals surface area contributed by atoms with E-state index in [9.17, 15) is 8.42 Å². The minimum atomic E-state index is -3.56. The molecule has 19 heavy (non-hydrogen) atoms. The van der Waals surface area contributed by atoms with Crippen LogP contribution in [0.25, 0.3) is 0 Å². The Kier molecular flexibility index (Phi) is 4.29. The van der Waals surface area contributed by atoms with Crippen LogP contribution < -0.4 is 10.5 Å². The third-order valence-corrected chi connectivity index (χ3v) is 6.36. The van der Waals surface area contributed by atoms with Crippen LogP contribution in [0.5, 0.6) is 0 Å². The van der Waals surface area contributed by atoms with E-state index in [0.717, 1.165) is 10.4 Å². The zero-order valence-corrected chi connectivity index (χ0v) is 13.4. The van der Waals surface area contributed by atoms with Crippen molar-refractivity contribution < 1.29 is 8.42 Å². The van der Waals surface area contributed by atoms with Crippen LogP contribution in [0, 0.1) is 6.92 Å². The fourth-order valence-electron chi connectivity index (χ4n) is 1.56. The van der Waals surface area contributed by atoms with Gasteiger partial charge in [-0.2, -0.15) is 0 Å². The maximum Gasteiger partial charge on any atom is 0.271 e. The highest BCUT2D eigenvalue weighted by Gasteiger charge is 2.19. The molecule has 0 radical (unpaired) electrons. The number of nitrogens with two attached hydrogens (primary N) is 1. The fraction of sp³-hybridized carbons (Fsp3) is 0.167. The molecular weight excluding hydrogens is 348 g/mol. The van der Waals surface area contributed by atoms with Crippen molar-refractivity contribution in [2.24, 2.45) is 5.73 Å². The van der Waals surface area contributed by atoms with Gasteiger partial charge in [0.25, 0.3) is 10.0 Å². The number of halogens is 1. The van der Waals surface area contributed by atoms with Crippen LogP contribution in [-0.4, -0.2) is 8.42 Å². The van der Waals surface area contributed by atoms with Crippen LogP contribution in [0.15, 0.2) is 39.0 Å². The van der Waals surface area contributed by atoms with Gasteiger partial charge in [-0.05, 0) is 46.6 Å². The quantitative estimate of drug-likeness (QED) is 0.879. The molecular formula is C12H13BrN2O2S2. The van der Waals surface area contributed by atoms with Crippen molar-refractivity contribution in [3.8, 4) is 0 Å². The summed E-state index contributed by atoms with van der Waals surface area (Å²) in [5.41, 5.74) is 6.99. The standard InChI is InChI=1S/C12H13BrN2O2S2/c1-8-6-12(18-11(8)7-14)19(16,17)15-10-5-3-2-4-9(10)13/h2-6,15H,7,14H2,1H3. The summed E-state index contributed by atoms with van der Waals surface area (Å²) in [7, 11) is -3.56. The number of para-hydroxylation sites is 1. The van der Waals surface area contributed by atoms with Crippen LogP contribution in [0.1, 0.15) is 10.4 Å². The first kappa shape index (κ1) is 14.5. The van der Waals surface area contributed by atoms with Gasteiger partial charge in [0.15, 0.2) is 0 Å². The average Bonchev–Trinajstić information content (AvgIpc) is 2.74. The number of hydrogen-bond donors (Lipinski definition) is 2. The molecule has 0 saturated carbocycles. The van der Waals surface area contributed by atoms with Crippen molar-refractivity contribution in [3.63, 3.8) is 0 Å². The Labute approximate surface area is 124 Å². The SMILES string of the molecule is Cc1cc(S(=O)(=O)Nc2ccccc2Br)sc1CN. The molecule has 0 unspecified atom stereocenters. The summed E-state index contributed by atoms with van der Waals surface area (Å²) in [4.78, 5) is 0.882. The molecule has 0 aliphatic carbocycles. The molecule has 0 saturated heterocycles. The summed E-state index contributed by atoms with van der Waals surface area (Å²) in [6.45, 7) is 2.21. The molecule has 0 fully saturated rings. The number of sulfonamides is 1. The zero-order chi connectivity index (χ0) is 14.0. The first-order chi connectivity index (χ1) is 8.94. The first-order valence-corrected chi connectivity index (χ1v) is 8.60. The van der Waals surface area contributed by atoms with E-state index in [0.29, 0.717) is 16.7 Å². The van der Waals surface area contributed by atoms with E-state index in [4.69, 9.17) is 5.73 Å². The second-order valence-corrected chi connectivity index (χ2v) is 7.86. The lowest BCUT2D eigenvalue weighted by molar-refractivity contribution is 0.603. The second-order valence-electron chi connectivity index (χ2n) is 3.96. The number of rotatable bonds is 4. The van der Waals surface area contributed by atoms with Gasteiger partial charge in [0.05, 0.1) is 5.69 Å². The van der Waals surface area contributed by atoms with Gasteiger partial charge in [-0.25, -0.2) is 8.42 Å². The van der Waals surface area contributed by atoms with Gasteiger partial charge in [0.2, 0.25) is 0 Å². The lowest BCUT2D eigenvalue weighted by atomic mass is 10.3.